The van der Waals surface area contributed by atoms with Crippen molar-refractivity contribution in [2.45, 2.75) is 117 Å². The minimum atomic E-state index is -3.03. The van der Waals surface area contributed by atoms with E-state index in [9.17, 15) is 4.57 Å². The highest BCUT2D eigenvalue weighted by atomic mass is 35.5. The first-order valence-corrected chi connectivity index (χ1v) is 15.8. The molecule has 0 spiro atoms. The Bertz CT molecular complexity index is 448. The van der Waals surface area contributed by atoms with Crippen LogP contribution >= 0.6 is 44.8 Å². The molecule has 6 nitrogen and oxygen atoms in total. The molecule has 0 fully saturated rings. The van der Waals surface area contributed by atoms with Gasteiger partial charge in [-0.05, 0) is 52.4 Å². The zero-order valence-electron chi connectivity index (χ0n) is 23.5. The summed E-state index contributed by atoms with van der Waals surface area (Å²) >= 11 is 0. The molecule has 4 N–H and O–H groups in total. The summed E-state index contributed by atoms with van der Waals surface area (Å²) in [4.78, 5) is 2.28. The number of rotatable bonds is 27. The topological polar surface area (TPSA) is 90.8 Å². The van der Waals surface area contributed by atoms with E-state index < -0.39 is 7.60 Å². The van der Waals surface area contributed by atoms with Crippen LogP contribution in [0, 0.1) is 0 Å². The molecule has 1 atom stereocenters. The van der Waals surface area contributed by atoms with Crippen molar-refractivity contribution in [3.05, 3.63) is 0 Å². The maximum absolute atomic E-state index is 13.1. The third-order valence-corrected chi connectivity index (χ3v) is 8.13. The van der Waals surface area contributed by atoms with Crippen LogP contribution in [0.15, 0.2) is 0 Å². The van der Waals surface area contributed by atoms with Gasteiger partial charge in [-0.3, -0.25) is 4.57 Å². The minimum Gasteiger partial charge on any atom is -0.330 e. The lowest BCUT2D eigenvalue weighted by atomic mass is 10.0. The molecule has 0 aliphatic rings. The zero-order chi connectivity index (χ0) is 24.5. The molecule has 0 aromatic carbocycles. The summed E-state index contributed by atoms with van der Waals surface area (Å²) in [6.45, 7) is 8.94. The molecular formula is C26H61Cl3N3O3P. The maximum atomic E-state index is 13.1. The lowest BCUT2D eigenvalue weighted by molar-refractivity contribution is 0.200. The number of unbranched alkanes of at least 4 members (excludes halogenated alkanes) is 13. The van der Waals surface area contributed by atoms with Gasteiger partial charge < -0.3 is 25.4 Å². The SMILES string of the molecule is CCCCCCCCCCCCCCCCOP(=O)(CCN(CCCN)CCCN)OCC.Cl.Cl.Cl. The Balaban J connectivity index is -0.00000171. The van der Waals surface area contributed by atoms with E-state index in [1.54, 1.807) is 0 Å². The zero-order valence-corrected chi connectivity index (χ0v) is 26.8. The number of nitrogens with zero attached hydrogens (tertiary/aromatic N) is 1. The Kier molecular flexibility index (Phi) is 41.4. The molecule has 0 aliphatic carbocycles. The third-order valence-electron chi connectivity index (χ3n) is 6.16. The number of nitrogens with two attached hydrogens (primary N) is 2. The van der Waals surface area contributed by atoms with Crippen LogP contribution in [0.5, 0.6) is 0 Å². The summed E-state index contributed by atoms with van der Waals surface area (Å²) in [6, 6.07) is 0. The van der Waals surface area contributed by atoms with Crippen LogP contribution in [0.2, 0.25) is 0 Å². The first-order valence-electron chi connectivity index (χ1n) is 14.1. The first-order chi connectivity index (χ1) is 16.1. The van der Waals surface area contributed by atoms with Gasteiger partial charge in [0.15, 0.2) is 0 Å². The molecule has 0 saturated carbocycles. The predicted molar refractivity (Wildman–Crippen MR) is 166 cm³/mol. The molecule has 0 aliphatic heterocycles. The molecule has 0 amide bonds. The molecule has 0 heterocycles. The second-order valence-electron chi connectivity index (χ2n) is 9.31. The summed E-state index contributed by atoms with van der Waals surface area (Å²) in [7, 11) is -3.03. The van der Waals surface area contributed by atoms with E-state index in [1.807, 2.05) is 6.92 Å². The van der Waals surface area contributed by atoms with Crippen LogP contribution in [0.4, 0.5) is 0 Å². The lowest BCUT2D eigenvalue weighted by Gasteiger charge is -2.25. The van der Waals surface area contributed by atoms with E-state index in [2.05, 4.69) is 11.8 Å². The van der Waals surface area contributed by atoms with Crippen molar-refractivity contribution in [2.75, 3.05) is 52.1 Å². The highest BCUT2D eigenvalue weighted by Gasteiger charge is 2.24. The monoisotopic (exact) mass is 599 g/mol. The second-order valence-corrected chi connectivity index (χ2v) is 11.5. The van der Waals surface area contributed by atoms with Crippen LogP contribution < -0.4 is 11.5 Å². The Labute approximate surface area is 242 Å². The molecular weight excluding hydrogens is 540 g/mol. The lowest BCUT2D eigenvalue weighted by Crippen LogP contribution is -2.31. The van der Waals surface area contributed by atoms with Crippen LogP contribution in [0.3, 0.4) is 0 Å². The molecule has 36 heavy (non-hydrogen) atoms. The van der Waals surface area contributed by atoms with Gasteiger partial charge in [0.25, 0.3) is 0 Å². The predicted octanol–water partition coefficient (Wildman–Crippen LogP) is 7.98. The van der Waals surface area contributed by atoms with E-state index in [1.165, 1.54) is 77.0 Å². The summed E-state index contributed by atoms with van der Waals surface area (Å²) < 4.78 is 24.4. The molecule has 10 heteroatoms. The van der Waals surface area contributed by atoms with Gasteiger partial charge in [-0.15, -0.1) is 37.2 Å². The van der Waals surface area contributed by atoms with Gasteiger partial charge in [-0.25, -0.2) is 0 Å². The van der Waals surface area contributed by atoms with E-state index in [0.29, 0.717) is 39.0 Å². The van der Waals surface area contributed by atoms with Crippen LogP contribution in [-0.2, 0) is 13.6 Å². The molecule has 0 aromatic heterocycles. The van der Waals surface area contributed by atoms with Gasteiger partial charge in [0.1, 0.15) is 0 Å². The van der Waals surface area contributed by atoms with Crippen LogP contribution in [0.25, 0.3) is 0 Å². The Hall–Kier alpha value is 0.900. The molecule has 1 unspecified atom stereocenters. The number of hydrogen-bond acceptors (Lipinski definition) is 6. The standard InChI is InChI=1S/C26H58N3O3P.3ClH/c1-3-5-6-7-8-9-10-11-12-13-14-15-16-17-25-32-33(30,31-4-2)26-24-29(22-18-20-27)23-19-21-28;;;/h3-28H2,1-2H3;3*1H. The molecule has 0 aromatic rings. The first kappa shape index (κ1) is 43.9. The minimum absolute atomic E-state index is 0. The highest BCUT2D eigenvalue weighted by molar-refractivity contribution is 7.53. The molecule has 0 radical (unpaired) electrons. The quantitative estimate of drug-likeness (QED) is 0.0734. The highest BCUT2D eigenvalue weighted by Crippen LogP contribution is 2.48. The number of hydrogen-bond donors (Lipinski definition) is 2. The number of halogens is 3. The fraction of sp³-hybridized carbons (Fsp3) is 1.00. The van der Waals surface area contributed by atoms with Gasteiger partial charge >= 0.3 is 7.60 Å². The van der Waals surface area contributed by atoms with Gasteiger partial charge in [0.2, 0.25) is 0 Å². The van der Waals surface area contributed by atoms with E-state index in [4.69, 9.17) is 20.5 Å². The van der Waals surface area contributed by atoms with Crippen LogP contribution in [0.1, 0.15) is 117 Å². The van der Waals surface area contributed by atoms with E-state index in [0.717, 1.165) is 38.8 Å². The van der Waals surface area contributed by atoms with Crippen molar-refractivity contribution >= 4 is 44.8 Å². The molecule has 0 bridgehead atoms. The summed E-state index contributed by atoms with van der Waals surface area (Å²) in [5, 5.41) is 0. The third kappa shape index (κ3) is 29.5. The van der Waals surface area contributed by atoms with Crippen LogP contribution in [-0.4, -0.2) is 57.0 Å². The summed E-state index contributed by atoms with van der Waals surface area (Å²) in [6.07, 6.45) is 20.9. The van der Waals surface area contributed by atoms with Gasteiger partial charge in [0.05, 0.1) is 19.4 Å². The van der Waals surface area contributed by atoms with Crippen molar-refractivity contribution in [1.29, 1.82) is 0 Å². The summed E-state index contributed by atoms with van der Waals surface area (Å²) in [5.74, 6) is 0. The average molecular weight is 601 g/mol. The average Bonchev–Trinajstić information content (AvgIpc) is 2.81. The van der Waals surface area contributed by atoms with Crippen molar-refractivity contribution in [2.24, 2.45) is 11.5 Å². The Morgan fingerprint density at radius 3 is 1.39 bits per heavy atom. The van der Waals surface area contributed by atoms with Crippen molar-refractivity contribution in [3.8, 4) is 0 Å². The molecule has 0 rings (SSSR count). The van der Waals surface area contributed by atoms with Crippen molar-refractivity contribution < 1.29 is 13.6 Å². The van der Waals surface area contributed by atoms with Gasteiger partial charge in [-0.2, -0.15) is 0 Å². The Morgan fingerprint density at radius 2 is 1.00 bits per heavy atom. The fourth-order valence-electron chi connectivity index (χ4n) is 4.09. The van der Waals surface area contributed by atoms with Gasteiger partial charge in [0, 0.05) is 6.54 Å². The second kappa shape index (κ2) is 33.9. The van der Waals surface area contributed by atoms with E-state index >= 15 is 0 Å². The van der Waals surface area contributed by atoms with Crippen molar-refractivity contribution in [1.82, 2.24) is 4.90 Å². The maximum Gasteiger partial charge on any atom is 0.331 e. The normalized spacial score (nSPS) is 12.5. The smallest absolute Gasteiger partial charge is 0.330 e. The fourth-order valence-corrected chi connectivity index (χ4v) is 5.75. The van der Waals surface area contributed by atoms with Crippen molar-refractivity contribution in [3.63, 3.8) is 0 Å². The Morgan fingerprint density at radius 1 is 0.583 bits per heavy atom. The molecule has 224 valence electrons. The van der Waals surface area contributed by atoms with Gasteiger partial charge in [-0.1, -0.05) is 90.4 Å². The largest absolute Gasteiger partial charge is 0.331 e. The van der Waals surface area contributed by atoms with E-state index in [-0.39, 0.29) is 37.2 Å². The summed E-state index contributed by atoms with van der Waals surface area (Å²) in [5.41, 5.74) is 11.3. The molecule has 0 saturated heterocycles.